The zero-order valence-corrected chi connectivity index (χ0v) is 12.8. The van der Waals surface area contributed by atoms with Gasteiger partial charge in [-0.2, -0.15) is 0 Å². The van der Waals surface area contributed by atoms with Crippen LogP contribution in [0.25, 0.3) is 0 Å². The fraction of sp³-hybridized carbons (Fsp3) is 0.562. The summed E-state index contributed by atoms with van der Waals surface area (Å²) in [5.74, 6) is 0.196. The average molecular weight is 291 g/mol. The van der Waals surface area contributed by atoms with E-state index < -0.39 is 0 Å². The zero-order valence-electron chi connectivity index (χ0n) is 12.8. The standard InChI is InChI=1S/C16H25N3O2/c1-2-21-12-7-16(20)19-10-8-18(9-11-19)15-5-3-14(13-17)4-6-15/h3-6H,2,7-13,17H2,1H3. The van der Waals surface area contributed by atoms with Crippen molar-refractivity contribution in [2.24, 2.45) is 5.73 Å². The van der Waals surface area contributed by atoms with Gasteiger partial charge in [0, 0.05) is 45.0 Å². The molecule has 1 fully saturated rings. The van der Waals surface area contributed by atoms with Gasteiger partial charge in [0.2, 0.25) is 5.91 Å². The highest BCUT2D eigenvalue weighted by Gasteiger charge is 2.20. The van der Waals surface area contributed by atoms with Crippen molar-refractivity contribution in [2.75, 3.05) is 44.3 Å². The third kappa shape index (κ3) is 4.44. The van der Waals surface area contributed by atoms with Crippen LogP contribution in [0, 0.1) is 0 Å². The summed E-state index contributed by atoms with van der Waals surface area (Å²) >= 11 is 0. The van der Waals surface area contributed by atoms with E-state index in [9.17, 15) is 4.79 Å². The molecule has 1 aliphatic rings. The normalized spacial score (nSPS) is 15.3. The Morgan fingerprint density at radius 1 is 1.19 bits per heavy atom. The lowest BCUT2D eigenvalue weighted by atomic mass is 10.2. The van der Waals surface area contributed by atoms with Gasteiger partial charge in [-0.05, 0) is 24.6 Å². The summed E-state index contributed by atoms with van der Waals surface area (Å²) in [4.78, 5) is 16.3. The largest absolute Gasteiger partial charge is 0.381 e. The number of ether oxygens (including phenoxy) is 1. The van der Waals surface area contributed by atoms with Crippen molar-refractivity contribution in [1.82, 2.24) is 4.90 Å². The first-order valence-electron chi connectivity index (χ1n) is 7.64. The Morgan fingerprint density at radius 2 is 1.86 bits per heavy atom. The van der Waals surface area contributed by atoms with Crippen LogP contribution in [0.1, 0.15) is 18.9 Å². The average Bonchev–Trinajstić information content (AvgIpc) is 2.55. The minimum atomic E-state index is 0.196. The van der Waals surface area contributed by atoms with Crippen molar-refractivity contribution < 1.29 is 9.53 Å². The van der Waals surface area contributed by atoms with Crippen LogP contribution in [0.15, 0.2) is 24.3 Å². The molecule has 0 atom stereocenters. The quantitative estimate of drug-likeness (QED) is 0.801. The first-order valence-corrected chi connectivity index (χ1v) is 7.64. The molecule has 1 heterocycles. The second-order valence-electron chi connectivity index (χ2n) is 5.19. The molecule has 2 N–H and O–H groups in total. The van der Waals surface area contributed by atoms with Gasteiger partial charge in [0.05, 0.1) is 13.0 Å². The highest BCUT2D eigenvalue weighted by atomic mass is 16.5. The molecular formula is C16H25N3O2. The highest BCUT2D eigenvalue weighted by molar-refractivity contribution is 5.76. The lowest BCUT2D eigenvalue weighted by Gasteiger charge is -2.36. The molecule has 5 heteroatoms. The van der Waals surface area contributed by atoms with Crippen molar-refractivity contribution >= 4 is 11.6 Å². The van der Waals surface area contributed by atoms with E-state index in [4.69, 9.17) is 10.5 Å². The van der Waals surface area contributed by atoms with E-state index in [-0.39, 0.29) is 5.91 Å². The predicted molar refractivity (Wildman–Crippen MR) is 84.2 cm³/mol. The number of amides is 1. The molecule has 1 aromatic carbocycles. The van der Waals surface area contributed by atoms with E-state index in [0.717, 1.165) is 31.7 Å². The Kier molecular flexibility index (Phi) is 6.02. The molecule has 0 saturated carbocycles. The first kappa shape index (κ1) is 15.8. The monoisotopic (exact) mass is 291 g/mol. The molecule has 0 unspecified atom stereocenters. The SMILES string of the molecule is CCOCCC(=O)N1CCN(c2ccc(CN)cc2)CC1. The third-order valence-electron chi connectivity index (χ3n) is 3.83. The molecule has 5 nitrogen and oxygen atoms in total. The smallest absolute Gasteiger partial charge is 0.225 e. The van der Waals surface area contributed by atoms with Crippen LogP contribution < -0.4 is 10.6 Å². The van der Waals surface area contributed by atoms with E-state index in [2.05, 4.69) is 29.2 Å². The number of piperazine rings is 1. The van der Waals surface area contributed by atoms with Gasteiger partial charge in [-0.15, -0.1) is 0 Å². The molecule has 0 aromatic heterocycles. The van der Waals surface area contributed by atoms with Crippen molar-refractivity contribution in [3.8, 4) is 0 Å². The maximum Gasteiger partial charge on any atom is 0.225 e. The summed E-state index contributed by atoms with van der Waals surface area (Å²) in [6, 6.07) is 8.34. The predicted octanol–water partition coefficient (Wildman–Crippen LogP) is 1.22. The van der Waals surface area contributed by atoms with Gasteiger partial charge in [0.1, 0.15) is 0 Å². The number of nitrogens with zero attached hydrogens (tertiary/aromatic N) is 2. The van der Waals surface area contributed by atoms with Gasteiger partial charge >= 0.3 is 0 Å². The summed E-state index contributed by atoms with van der Waals surface area (Å²) < 4.78 is 5.24. The maximum atomic E-state index is 12.0. The van der Waals surface area contributed by atoms with E-state index in [1.807, 2.05) is 11.8 Å². The summed E-state index contributed by atoms with van der Waals surface area (Å²) in [6.07, 6.45) is 0.485. The van der Waals surface area contributed by atoms with Gasteiger partial charge in [0.15, 0.2) is 0 Å². The minimum absolute atomic E-state index is 0.196. The van der Waals surface area contributed by atoms with Crippen LogP contribution in [0.2, 0.25) is 0 Å². The summed E-state index contributed by atoms with van der Waals surface area (Å²) in [6.45, 7) is 7.02. The van der Waals surface area contributed by atoms with Crippen molar-refractivity contribution in [1.29, 1.82) is 0 Å². The van der Waals surface area contributed by atoms with Crippen LogP contribution in [-0.4, -0.2) is 50.2 Å². The zero-order chi connectivity index (χ0) is 15.1. The van der Waals surface area contributed by atoms with Gasteiger partial charge in [-0.3, -0.25) is 4.79 Å². The Hall–Kier alpha value is -1.59. The number of carbonyl (C=O) groups is 1. The first-order chi connectivity index (χ1) is 10.2. The molecule has 0 spiro atoms. The molecule has 1 saturated heterocycles. The maximum absolute atomic E-state index is 12.0. The molecule has 2 rings (SSSR count). The summed E-state index contributed by atoms with van der Waals surface area (Å²) in [5.41, 5.74) is 7.96. The van der Waals surface area contributed by atoms with E-state index >= 15 is 0 Å². The lowest BCUT2D eigenvalue weighted by Crippen LogP contribution is -2.49. The van der Waals surface area contributed by atoms with Crippen LogP contribution in [0.5, 0.6) is 0 Å². The van der Waals surface area contributed by atoms with Crippen molar-refractivity contribution in [3.05, 3.63) is 29.8 Å². The Morgan fingerprint density at radius 3 is 2.43 bits per heavy atom. The van der Waals surface area contributed by atoms with E-state index in [1.54, 1.807) is 0 Å². The molecule has 1 aliphatic heterocycles. The van der Waals surface area contributed by atoms with Gasteiger partial charge < -0.3 is 20.3 Å². The Bertz CT molecular complexity index is 439. The molecule has 21 heavy (non-hydrogen) atoms. The molecule has 0 bridgehead atoms. The molecule has 0 aliphatic carbocycles. The van der Waals surface area contributed by atoms with E-state index in [1.165, 1.54) is 5.69 Å². The topological polar surface area (TPSA) is 58.8 Å². The van der Waals surface area contributed by atoms with Crippen LogP contribution in [0.4, 0.5) is 5.69 Å². The fourth-order valence-corrected chi connectivity index (χ4v) is 2.52. The third-order valence-corrected chi connectivity index (χ3v) is 3.83. The van der Waals surface area contributed by atoms with Crippen molar-refractivity contribution in [2.45, 2.75) is 19.9 Å². The Labute approximate surface area is 126 Å². The number of hydrogen-bond acceptors (Lipinski definition) is 4. The van der Waals surface area contributed by atoms with Crippen LogP contribution in [-0.2, 0) is 16.1 Å². The molecule has 1 aromatic rings. The minimum Gasteiger partial charge on any atom is -0.381 e. The number of rotatable bonds is 6. The number of benzene rings is 1. The summed E-state index contributed by atoms with van der Waals surface area (Å²) in [5, 5.41) is 0. The number of nitrogens with two attached hydrogens (primary N) is 1. The molecule has 116 valence electrons. The molecular weight excluding hydrogens is 266 g/mol. The van der Waals surface area contributed by atoms with E-state index in [0.29, 0.717) is 26.2 Å². The fourth-order valence-electron chi connectivity index (χ4n) is 2.52. The Balaban J connectivity index is 1.80. The second kappa shape index (κ2) is 8.00. The summed E-state index contributed by atoms with van der Waals surface area (Å²) in [7, 11) is 0. The van der Waals surface area contributed by atoms with Gasteiger partial charge in [-0.25, -0.2) is 0 Å². The second-order valence-corrected chi connectivity index (χ2v) is 5.19. The highest BCUT2D eigenvalue weighted by Crippen LogP contribution is 2.17. The number of anilines is 1. The van der Waals surface area contributed by atoms with Crippen LogP contribution >= 0.6 is 0 Å². The number of carbonyl (C=O) groups excluding carboxylic acids is 1. The van der Waals surface area contributed by atoms with Crippen LogP contribution in [0.3, 0.4) is 0 Å². The molecule has 1 amide bonds. The van der Waals surface area contributed by atoms with Gasteiger partial charge in [0.25, 0.3) is 0 Å². The number of hydrogen-bond donors (Lipinski definition) is 1. The van der Waals surface area contributed by atoms with Crippen molar-refractivity contribution in [3.63, 3.8) is 0 Å². The molecule has 0 radical (unpaired) electrons. The van der Waals surface area contributed by atoms with Gasteiger partial charge in [-0.1, -0.05) is 12.1 Å². The lowest BCUT2D eigenvalue weighted by molar-refractivity contribution is -0.132.